The summed E-state index contributed by atoms with van der Waals surface area (Å²) < 4.78 is 39.7. The highest BCUT2D eigenvalue weighted by molar-refractivity contribution is 6.05. The van der Waals surface area contributed by atoms with Crippen molar-refractivity contribution in [2.75, 3.05) is 5.32 Å². The number of aromatic nitrogens is 3. The number of rotatable bonds is 3. The van der Waals surface area contributed by atoms with Crippen molar-refractivity contribution >= 4 is 11.6 Å². The fourth-order valence-electron chi connectivity index (χ4n) is 1.97. The SMILES string of the molecule is O=C(Nc1cn[nH]c1-c1ccccn1)c1cc(F)c(F)cc1F. The fourth-order valence-corrected chi connectivity index (χ4v) is 1.97. The van der Waals surface area contributed by atoms with Crippen LogP contribution in [-0.2, 0) is 0 Å². The minimum absolute atomic E-state index is 0.234. The van der Waals surface area contributed by atoms with Crippen LogP contribution in [0.25, 0.3) is 11.4 Å². The molecule has 0 saturated carbocycles. The summed E-state index contributed by atoms with van der Waals surface area (Å²) in [5, 5.41) is 8.84. The third-order valence-electron chi connectivity index (χ3n) is 3.06. The van der Waals surface area contributed by atoms with E-state index in [4.69, 9.17) is 0 Å². The standard InChI is InChI=1S/C15H9F3N4O/c16-9-6-11(18)10(17)5-8(9)15(23)21-13-7-20-22-14(13)12-3-1-2-4-19-12/h1-7H,(H,20,22)(H,21,23). The molecule has 0 aliphatic carbocycles. The highest BCUT2D eigenvalue weighted by Gasteiger charge is 2.18. The molecule has 1 aromatic carbocycles. The highest BCUT2D eigenvalue weighted by Crippen LogP contribution is 2.24. The topological polar surface area (TPSA) is 70.7 Å². The summed E-state index contributed by atoms with van der Waals surface area (Å²) in [6, 6.07) is 5.96. The second-order valence-electron chi connectivity index (χ2n) is 4.57. The van der Waals surface area contributed by atoms with E-state index in [1.807, 2.05) is 0 Å². The van der Waals surface area contributed by atoms with Gasteiger partial charge in [0.1, 0.15) is 11.5 Å². The number of carbonyl (C=O) groups is 1. The van der Waals surface area contributed by atoms with Crippen LogP contribution in [-0.4, -0.2) is 21.1 Å². The lowest BCUT2D eigenvalue weighted by molar-refractivity contribution is 0.102. The molecule has 0 unspecified atom stereocenters. The van der Waals surface area contributed by atoms with Gasteiger partial charge in [0.2, 0.25) is 0 Å². The lowest BCUT2D eigenvalue weighted by Gasteiger charge is -2.07. The van der Waals surface area contributed by atoms with Gasteiger partial charge >= 0.3 is 0 Å². The van der Waals surface area contributed by atoms with Crippen molar-refractivity contribution in [2.24, 2.45) is 0 Å². The highest BCUT2D eigenvalue weighted by atomic mass is 19.2. The first-order valence-corrected chi connectivity index (χ1v) is 6.47. The van der Waals surface area contributed by atoms with Gasteiger partial charge < -0.3 is 5.32 Å². The average Bonchev–Trinajstić information content (AvgIpc) is 2.99. The number of amides is 1. The first-order chi connectivity index (χ1) is 11.1. The summed E-state index contributed by atoms with van der Waals surface area (Å²) >= 11 is 0. The Balaban J connectivity index is 1.91. The second kappa shape index (κ2) is 5.91. The van der Waals surface area contributed by atoms with Crippen LogP contribution >= 0.6 is 0 Å². The van der Waals surface area contributed by atoms with Gasteiger partial charge in [-0.1, -0.05) is 6.07 Å². The Morgan fingerprint density at radius 2 is 1.87 bits per heavy atom. The Hall–Kier alpha value is -3.16. The van der Waals surface area contributed by atoms with Crippen LogP contribution < -0.4 is 5.32 Å². The first-order valence-electron chi connectivity index (χ1n) is 6.47. The molecule has 1 amide bonds. The maximum absolute atomic E-state index is 13.6. The summed E-state index contributed by atoms with van der Waals surface area (Å²) in [4.78, 5) is 16.2. The molecule has 0 bridgehead atoms. The molecule has 2 heterocycles. The number of nitrogens with one attached hydrogen (secondary N) is 2. The van der Waals surface area contributed by atoms with Crippen molar-refractivity contribution in [1.29, 1.82) is 0 Å². The van der Waals surface area contributed by atoms with E-state index in [1.54, 1.807) is 24.4 Å². The van der Waals surface area contributed by atoms with Crippen molar-refractivity contribution in [3.63, 3.8) is 0 Å². The number of hydrogen-bond donors (Lipinski definition) is 2. The zero-order valence-corrected chi connectivity index (χ0v) is 11.5. The Morgan fingerprint density at radius 3 is 2.61 bits per heavy atom. The molecule has 2 N–H and O–H groups in total. The molecule has 0 aliphatic heterocycles. The van der Waals surface area contributed by atoms with Gasteiger partial charge in [-0.3, -0.25) is 14.9 Å². The Labute approximate surface area is 128 Å². The number of aromatic amines is 1. The van der Waals surface area contributed by atoms with Crippen molar-refractivity contribution in [1.82, 2.24) is 15.2 Å². The Morgan fingerprint density at radius 1 is 1.09 bits per heavy atom. The van der Waals surface area contributed by atoms with Crippen LogP contribution in [0.5, 0.6) is 0 Å². The largest absolute Gasteiger partial charge is 0.319 e. The molecule has 116 valence electrons. The molecule has 3 rings (SSSR count). The zero-order chi connectivity index (χ0) is 16.4. The fraction of sp³-hybridized carbons (Fsp3) is 0. The molecule has 3 aromatic rings. The maximum atomic E-state index is 13.6. The summed E-state index contributed by atoms with van der Waals surface area (Å²) in [5.41, 5.74) is 0.530. The molecule has 8 heteroatoms. The van der Waals surface area contributed by atoms with Gasteiger partial charge in [-0.2, -0.15) is 5.10 Å². The lowest BCUT2D eigenvalue weighted by atomic mass is 10.1. The van der Waals surface area contributed by atoms with Crippen LogP contribution in [0.4, 0.5) is 18.9 Å². The minimum atomic E-state index is -1.36. The van der Waals surface area contributed by atoms with E-state index in [2.05, 4.69) is 20.5 Å². The molecule has 0 fully saturated rings. The molecule has 2 aromatic heterocycles. The maximum Gasteiger partial charge on any atom is 0.258 e. The average molecular weight is 318 g/mol. The molecule has 0 radical (unpaired) electrons. The Kier molecular flexibility index (Phi) is 3.80. The van der Waals surface area contributed by atoms with Gasteiger partial charge in [0.05, 0.1) is 23.1 Å². The molecular weight excluding hydrogens is 309 g/mol. The van der Waals surface area contributed by atoms with Crippen molar-refractivity contribution < 1.29 is 18.0 Å². The quantitative estimate of drug-likeness (QED) is 0.729. The number of anilines is 1. The third-order valence-corrected chi connectivity index (χ3v) is 3.06. The minimum Gasteiger partial charge on any atom is -0.319 e. The molecule has 5 nitrogen and oxygen atoms in total. The van der Waals surface area contributed by atoms with E-state index >= 15 is 0 Å². The number of benzene rings is 1. The van der Waals surface area contributed by atoms with E-state index in [0.29, 0.717) is 23.5 Å². The summed E-state index contributed by atoms with van der Waals surface area (Å²) in [6.07, 6.45) is 2.86. The van der Waals surface area contributed by atoms with Gasteiger partial charge in [0, 0.05) is 12.3 Å². The predicted octanol–water partition coefficient (Wildman–Crippen LogP) is 3.14. The van der Waals surface area contributed by atoms with E-state index in [-0.39, 0.29) is 5.69 Å². The van der Waals surface area contributed by atoms with Crippen LogP contribution in [0.3, 0.4) is 0 Å². The van der Waals surface area contributed by atoms with E-state index in [1.165, 1.54) is 6.20 Å². The van der Waals surface area contributed by atoms with Gasteiger partial charge in [0.25, 0.3) is 5.91 Å². The zero-order valence-electron chi connectivity index (χ0n) is 11.5. The number of halogens is 3. The molecule has 0 atom stereocenters. The van der Waals surface area contributed by atoms with Gasteiger partial charge in [0.15, 0.2) is 11.6 Å². The van der Waals surface area contributed by atoms with E-state index in [9.17, 15) is 18.0 Å². The molecule has 0 spiro atoms. The first kappa shape index (κ1) is 14.8. The number of pyridine rings is 1. The molecular formula is C15H9F3N4O. The summed E-state index contributed by atoms with van der Waals surface area (Å²) in [7, 11) is 0. The van der Waals surface area contributed by atoms with Crippen LogP contribution in [0.15, 0.2) is 42.7 Å². The molecule has 0 saturated heterocycles. The van der Waals surface area contributed by atoms with E-state index in [0.717, 1.165) is 0 Å². The third kappa shape index (κ3) is 2.91. The monoisotopic (exact) mass is 318 g/mol. The van der Waals surface area contributed by atoms with Gasteiger partial charge in [-0.25, -0.2) is 13.2 Å². The summed E-state index contributed by atoms with van der Waals surface area (Å²) in [6.45, 7) is 0. The number of carbonyl (C=O) groups excluding carboxylic acids is 1. The lowest BCUT2D eigenvalue weighted by Crippen LogP contribution is -2.15. The molecule has 0 aliphatic rings. The second-order valence-corrected chi connectivity index (χ2v) is 4.57. The smallest absolute Gasteiger partial charge is 0.258 e. The van der Waals surface area contributed by atoms with Crippen molar-refractivity contribution in [3.8, 4) is 11.4 Å². The summed E-state index contributed by atoms with van der Waals surface area (Å²) in [5.74, 6) is -4.77. The normalized spacial score (nSPS) is 10.6. The number of nitrogens with zero attached hydrogens (tertiary/aromatic N) is 2. The van der Waals surface area contributed by atoms with E-state index < -0.39 is 28.9 Å². The molecule has 23 heavy (non-hydrogen) atoms. The van der Waals surface area contributed by atoms with Gasteiger partial charge in [-0.15, -0.1) is 0 Å². The van der Waals surface area contributed by atoms with Gasteiger partial charge in [-0.05, 0) is 18.2 Å². The van der Waals surface area contributed by atoms with Crippen LogP contribution in [0.1, 0.15) is 10.4 Å². The van der Waals surface area contributed by atoms with Crippen molar-refractivity contribution in [2.45, 2.75) is 0 Å². The van der Waals surface area contributed by atoms with Crippen LogP contribution in [0, 0.1) is 17.5 Å². The Bertz CT molecular complexity index is 864. The number of hydrogen-bond acceptors (Lipinski definition) is 3. The predicted molar refractivity (Wildman–Crippen MR) is 76.1 cm³/mol. The van der Waals surface area contributed by atoms with Crippen LogP contribution in [0.2, 0.25) is 0 Å². The number of H-pyrrole nitrogens is 1. The van der Waals surface area contributed by atoms with Crippen molar-refractivity contribution in [3.05, 3.63) is 65.7 Å².